The number of carbonyl (C=O) groups is 2. The summed E-state index contributed by atoms with van der Waals surface area (Å²) in [7, 11) is 0. The molecular formula is C23H17Cl2FN2O7. The van der Waals surface area contributed by atoms with Crippen LogP contribution >= 0.6 is 23.2 Å². The molecule has 0 amide bonds. The summed E-state index contributed by atoms with van der Waals surface area (Å²) >= 11 is 11.7. The summed E-state index contributed by atoms with van der Waals surface area (Å²) in [6, 6.07) is 11.9. The predicted molar refractivity (Wildman–Crippen MR) is 122 cm³/mol. The minimum Gasteiger partial charge on any atom is -0.459 e. The average molecular weight is 523 g/mol. The highest BCUT2D eigenvalue weighted by molar-refractivity contribution is 6.31. The lowest BCUT2D eigenvalue weighted by molar-refractivity contribution is -0.0592. The van der Waals surface area contributed by atoms with Gasteiger partial charge in [-0.1, -0.05) is 23.2 Å². The van der Waals surface area contributed by atoms with Crippen LogP contribution in [0.3, 0.4) is 0 Å². The van der Waals surface area contributed by atoms with Gasteiger partial charge in [0, 0.05) is 22.7 Å². The average Bonchev–Trinajstić information content (AvgIpc) is 3.23. The van der Waals surface area contributed by atoms with E-state index in [1.807, 2.05) is 0 Å². The van der Waals surface area contributed by atoms with E-state index in [1.54, 1.807) is 0 Å². The van der Waals surface area contributed by atoms with Crippen molar-refractivity contribution in [3.63, 3.8) is 0 Å². The summed E-state index contributed by atoms with van der Waals surface area (Å²) in [5.74, 6) is -2.62. The number of halogens is 3. The highest BCUT2D eigenvalue weighted by Gasteiger charge is 2.41. The lowest BCUT2D eigenvalue weighted by Gasteiger charge is -2.19. The van der Waals surface area contributed by atoms with Crippen LogP contribution in [0.15, 0.2) is 64.3 Å². The standard InChI is InChI=1S/C23H17Cl2FN2O7/c24-14-5-1-12(2-6-14)21(30)33-11-18-17(35-22(31)13-3-7-15(25)8-4-13)9-19(34-18)28-20(29)16(26)10-27-23(28)32/h1-8,10,17-19H,9,11H2,(H,27,32)/t17-,18-,19-/m1/s1. The lowest BCUT2D eigenvalue weighted by Crippen LogP contribution is -2.39. The van der Waals surface area contributed by atoms with Gasteiger partial charge in [0.15, 0.2) is 0 Å². The number of rotatable bonds is 6. The molecule has 2 aromatic carbocycles. The Labute approximate surface area is 207 Å². The van der Waals surface area contributed by atoms with E-state index in [-0.39, 0.29) is 24.2 Å². The summed E-state index contributed by atoms with van der Waals surface area (Å²) in [6.07, 6.45) is -2.89. The fraction of sp³-hybridized carbons (Fsp3) is 0.217. The third-order valence-electron chi connectivity index (χ3n) is 5.23. The zero-order valence-electron chi connectivity index (χ0n) is 17.8. The number of benzene rings is 2. The molecule has 1 aromatic heterocycles. The van der Waals surface area contributed by atoms with Crippen LogP contribution in [-0.2, 0) is 14.2 Å². The molecule has 1 N–H and O–H groups in total. The number of nitrogens with zero attached hydrogens (tertiary/aromatic N) is 1. The molecule has 0 saturated carbocycles. The van der Waals surface area contributed by atoms with Crippen LogP contribution in [-0.4, -0.2) is 40.3 Å². The molecule has 4 rings (SSSR count). The zero-order valence-corrected chi connectivity index (χ0v) is 19.3. The summed E-state index contributed by atoms with van der Waals surface area (Å²) < 4.78 is 30.9. The molecule has 1 aliphatic rings. The number of hydrogen-bond acceptors (Lipinski definition) is 7. The third-order valence-corrected chi connectivity index (χ3v) is 5.73. The molecule has 2 heterocycles. The summed E-state index contributed by atoms with van der Waals surface area (Å²) in [4.78, 5) is 51.5. The Hall–Kier alpha value is -3.47. The molecule has 182 valence electrons. The zero-order chi connectivity index (χ0) is 25.1. The summed E-state index contributed by atoms with van der Waals surface area (Å²) in [6.45, 7) is -0.376. The van der Waals surface area contributed by atoms with Crippen LogP contribution in [0.5, 0.6) is 0 Å². The van der Waals surface area contributed by atoms with Crippen molar-refractivity contribution in [1.82, 2.24) is 9.55 Å². The minimum atomic E-state index is -1.27. The van der Waals surface area contributed by atoms with Gasteiger partial charge in [0.05, 0.1) is 11.1 Å². The van der Waals surface area contributed by atoms with Crippen molar-refractivity contribution in [1.29, 1.82) is 0 Å². The SMILES string of the molecule is O=C(OC[C@H]1O[C@@H](n2c(=O)[nH]cc(F)c2=O)C[C@H]1OC(=O)c1ccc(Cl)cc1)c1ccc(Cl)cc1. The molecular weight excluding hydrogens is 506 g/mol. The highest BCUT2D eigenvalue weighted by Crippen LogP contribution is 2.30. The van der Waals surface area contributed by atoms with Gasteiger partial charge < -0.3 is 19.2 Å². The van der Waals surface area contributed by atoms with Gasteiger partial charge in [0.2, 0.25) is 5.82 Å². The van der Waals surface area contributed by atoms with Crippen molar-refractivity contribution in [2.75, 3.05) is 6.61 Å². The number of aromatic nitrogens is 2. The molecule has 3 atom stereocenters. The Morgan fingerprint density at radius 3 is 2.17 bits per heavy atom. The van der Waals surface area contributed by atoms with Crippen LogP contribution in [0.4, 0.5) is 4.39 Å². The molecule has 9 nitrogen and oxygen atoms in total. The molecule has 1 aliphatic heterocycles. The molecule has 1 fully saturated rings. The van der Waals surface area contributed by atoms with E-state index in [4.69, 9.17) is 37.4 Å². The Balaban J connectivity index is 1.55. The van der Waals surface area contributed by atoms with Gasteiger partial charge in [-0.25, -0.2) is 19.0 Å². The van der Waals surface area contributed by atoms with Crippen LogP contribution in [0, 0.1) is 5.82 Å². The Morgan fingerprint density at radius 1 is 1.00 bits per heavy atom. The normalized spacial score (nSPS) is 19.3. The Bertz CT molecular complexity index is 1360. The van der Waals surface area contributed by atoms with Gasteiger partial charge >= 0.3 is 17.6 Å². The Kier molecular flexibility index (Phi) is 7.34. The fourth-order valence-corrected chi connectivity index (χ4v) is 3.73. The van der Waals surface area contributed by atoms with Crippen LogP contribution < -0.4 is 11.2 Å². The van der Waals surface area contributed by atoms with E-state index in [2.05, 4.69) is 4.98 Å². The first-order valence-electron chi connectivity index (χ1n) is 10.3. The second-order valence-corrected chi connectivity index (χ2v) is 8.41. The largest absolute Gasteiger partial charge is 0.459 e. The molecule has 0 unspecified atom stereocenters. The van der Waals surface area contributed by atoms with E-state index in [1.165, 1.54) is 48.5 Å². The van der Waals surface area contributed by atoms with Crippen molar-refractivity contribution in [3.05, 3.63) is 103 Å². The first kappa shape index (κ1) is 24.6. The first-order valence-corrected chi connectivity index (χ1v) is 11.0. The van der Waals surface area contributed by atoms with E-state index in [0.717, 1.165) is 0 Å². The monoisotopic (exact) mass is 522 g/mol. The van der Waals surface area contributed by atoms with Crippen molar-refractivity contribution in [3.8, 4) is 0 Å². The number of H-pyrrole nitrogens is 1. The van der Waals surface area contributed by atoms with Crippen molar-refractivity contribution in [2.24, 2.45) is 0 Å². The second kappa shape index (κ2) is 10.4. The van der Waals surface area contributed by atoms with Crippen LogP contribution in [0.1, 0.15) is 33.4 Å². The summed E-state index contributed by atoms with van der Waals surface area (Å²) in [5.41, 5.74) is -1.71. The maximum absolute atomic E-state index is 13.8. The number of hydrogen-bond donors (Lipinski definition) is 1. The fourth-order valence-electron chi connectivity index (χ4n) is 3.48. The van der Waals surface area contributed by atoms with Gasteiger partial charge in [-0.2, -0.15) is 4.39 Å². The quantitative estimate of drug-likeness (QED) is 0.493. The molecule has 1 saturated heterocycles. The van der Waals surface area contributed by atoms with E-state index < -0.39 is 47.4 Å². The van der Waals surface area contributed by atoms with Gasteiger partial charge in [0.25, 0.3) is 5.56 Å². The minimum absolute atomic E-state index is 0.172. The molecule has 0 radical (unpaired) electrons. The van der Waals surface area contributed by atoms with Crippen molar-refractivity contribution < 1.29 is 28.2 Å². The molecule has 0 spiro atoms. The molecule has 3 aromatic rings. The van der Waals surface area contributed by atoms with Crippen molar-refractivity contribution in [2.45, 2.75) is 24.9 Å². The number of esters is 2. The van der Waals surface area contributed by atoms with Crippen LogP contribution in [0.25, 0.3) is 0 Å². The van der Waals surface area contributed by atoms with Crippen LogP contribution in [0.2, 0.25) is 10.0 Å². The maximum atomic E-state index is 13.8. The smallest absolute Gasteiger partial charge is 0.338 e. The van der Waals surface area contributed by atoms with Gasteiger partial charge in [0.1, 0.15) is 25.0 Å². The van der Waals surface area contributed by atoms with E-state index in [9.17, 15) is 23.6 Å². The number of ether oxygens (including phenoxy) is 3. The van der Waals surface area contributed by atoms with E-state index >= 15 is 0 Å². The first-order chi connectivity index (χ1) is 16.7. The number of carbonyl (C=O) groups excluding carboxylic acids is 2. The lowest BCUT2D eigenvalue weighted by atomic mass is 10.1. The molecule has 35 heavy (non-hydrogen) atoms. The highest BCUT2D eigenvalue weighted by atomic mass is 35.5. The topological polar surface area (TPSA) is 117 Å². The molecule has 0 bridgehead atoms. The number of nitrogens with one attached hydrogen (secondary N) is 1. The van der Waals surface area contributed by atoms with E-state index in [0.29, 0.717) is 20.8 Å². The van der Waals surface area contributed by atoms with Crippen molar-refractivity contribution >= 4 is 35.1 Å². The second-order valence-electron chi connectivity index (χ2n) is 7.54. The third kappa shape index (κ3) is 5.61. The van der Waals surface area contributed by atoms with Gasteiger partial charge in [-0.15, -0.1) is 0 Å². The van der Waals surface area contributed by atoms with Gasteiger partial charge in [-0.05, 0) is 48.5 Å². The predicted octanol–water partition coefficient (Wildman–Crippen LogP) is 3.35. The molecule has 12 heteroatoms. The van der Waals surface area contributed by atoms with Gasteiger partial charge in [-0.3, -0.25) is 4.79 Å². The number of aromatic amines is 1. The molecule has 0 aliphatic carbocycles. The maximum Gasteiger partial charge on any atom is 0.338 e. The summed E-state index contributed by atoms with van der Waals surface area (Å²) in [5, 5.41) is 0.853. The Morgan fingerprint density at radius 2 is 1.57 bits per heavy atom.